The lowest BCUT2D eigenvalue weighted by Crippen LogP contribution is -2.56. The van der Waals surface area contributed by atoms with E-state index in [1.54, 1.807) is 36.5 Å². The quantitative estimate of drug-likeness (QED) is 0.766. The normalized spacial score (nSPS) is 22.2. The van der Waals surface area contributed by atoms with Crippen LogP contribution in [0, 0.1) is 0 Å². The number of methoxy groups -OCH3 is 1. The van der Waals surface area contributed by atoms with Crippen molar-refractivity contribution in [3.05, 3.63) is 64.5 Å². The van der Waals surface area contributed by atoms with Crippen molar-refractivity contribution < 1.29 is 19.1 Å². The first-order chi connectivity index (χ1) is 14.0. The molecule has 2 aliphatic heterocycles. The number of fused-ring (bicyclic) bond motifs is 2. The second kappa shape index (κ2) is 6.16. The van der Waals surface area contributed by atoms with Crippen LogP contribution in [0.15, 0.2) is 42.2 Å². The maximum absolute atomic E-state index is 13.0. The SMILES string of the molecule is COc1ccc2c(c1)C(=O)N(C[C@@]1(C3=Cc4cnccc4C3)NC(=O)NC1=O)C2. The molecule has 29 heavy (non-hydrogen) atoms. The van der Waals surface area contributed by atoms with E-state index in [-0.39, 0.29) is 12.5 Å². The molecule has 2 N–H and O–H groups in total. The van der Waals surface area contributed by atoms with Crippen LogP contribution in [0.25, 0.3) is 6.08 Å². The van der Waals surface area contributed by atoms with Gasteiger partial charge in [0.25, 0.3) is 11.8 Å². The van der Waals surface area contributed by atoms with E-state index in [0.717, 1.165) is 22.3 Å². The van der Waals surface area contributed by atoms with E-state index >= 15 is 0 Å². The number of amides is 4. The molecule has 1 atom stereocenters. The number of imide groups is 1. The van der Waals surface area contributed by atoms with Crippen LogP contribution in [0.2, 0.25) is 0 Å². The van der Waals surface area contributed by atoms with Crippen LogP contribution < -0.4 is 15.4 Å². The molecule has 8 heteroatoms. The number of nitrogens with one attached hydrogen (secondary N) is 2. The van der Waals surface area contributed by atoms with Crippen molar-refractivity contribution in [2.24, 2.45) is 0 Å². The number of hydrogen-bond acceptors (Lipinski definition) is 5. The predicted octanol–water partition coefficient (Wildman–Crippen LogP) is 1.26. The van der Waals surface area contributed by atoms with Crippen LogP contribution in [-0.2, 0) is 17.8 Å². The molecular formula is C21H18N4O4. The van der Waals surface area contributed by atoms with Gasteiger partial charge in [-0.05, 0) is 46.9 Å². The largest absolute Gasteiger partial charge is 0.497 e. The van der Waals surface area contributed by atoms with Crippen molar-refractivity contribution in [1.82, 2.24) is 20.5 Å². The number of carbonyl (C=O) groups excluding carboxylic acids is 3. The second-order valence-corrected chi connectivity index (χ2v) is 7.42. The van der Waals surface area contributed by atoms with Crippen LogP contribution in [0.1, 0.15) is 27.0 Å². The summed E-state index contributed by atoms with van der Waals surface area (Å²) in [5.74, 6) is -0.0390. The summed E-state index contributed by atoms with van der Waals surface area (Å²) >= 11 is 0. The molecule has 1 aliphatic carbocycles. The molecule has 4 amide bonds. The number of pyridine rings is 1. The molecule has 5 rings (SSSR count). The van der Waals surface area contributed by atoms with Crippen molar-refractivity contribution in [2.45, 2.75) is 18.5 Å². The maximum Gasteiger partial charge on any atom is 0.322 e. The van der Waals surface area contributed by atoms with E-state index in [1.165, 1.54) is 0 Å². The summed E-state index contributed by atoms with van der Waals surface area (Å²) in [4.78, 5) is 43.7. The number of rotatable bonds is 4. The van der Waals surface area contributed by atoms with E-state index < -0.39 is 17.5 Å². The van der Waals surface area contributed by atoms with Crippen LogP contribution >= 0.6 is 0 Å². The third kappa shape index (κ3) is 2.60. The monoisotopic (exact) mass is 390 g/mol. The fourth-order valence-electron chi connectivity index (χ4n) is 4.26. The topological polar surface area (TPSA) is 101 Å². The maximum atomic E-state index is 13.0. The first-order valence-corrected chi connectivity index (χ1v) is 9.24. The average Bonchev–Trinajstić information content (AvgIpc) is 3.36. The Morgan fingerprint density at radius 1 is 1.21 bits per heavy atom. The van der Waals surface area contributed by atoms with Crippen molar-refractivity contribution >= 4 is 23.9 Å². The lowest BCUT2D eigenvalue weighted by atomic mass is 9.87. The number of urea groups is 1. The highest BCUT2D eigenvalue weighted by atomic mass is 16.5. The van der Waals surface area contributed by atoms with E-state index in [9.17, 15) is 14.4 Å². The van der Waals surface area contributed by atoms with E-state index in [2.05, 4.69) is 15.6 Å². The molecule has 1 aromatic heterocycles. The zero-order chi connectivity index (χ0) is 20.2. The third-order valence-electron chi connectivity index (χ3n) is 5.77. The molecule has 0 bridgehead atoms. The minimum atomic E-state index is -1.31. The summed E-state index contributed by atoms with van der Waals surface area (Å²) in [6, 6.07) is 6.69. The van der Waals surface area contributed by atoms with Crippen molar-refractivity contribution in [1.29, 1.82) is 0 Å². The van der Waals surface area contributed by atoms with Crippen LogP contribution in [0.5, 0.6) is 5.75 Å². The second-order valence-electron chi connectivity index (χ2n) is 7.42. The fraction of sp³-hybridized carbons (Fsp3) is 0.238. The first-order valence-electron chi connectivity index (χ1n) is 9.24. The van der Waals surface area contributed by atoms with E-state index in [0.29, 0.717) is 24.3 Å². The summed E-state index contributed by atoms with van der Waals surface area (Å²) in [7, 11) is 1.55. The van der Waals surface area contributed by atoms with Gasteiger partial charge in [-0.15, -0.1) is 0 Å². The number of aromatic nitrogens is 1. The molecule has 3 heterocycles. The zero-order valence-electron chi connectivity index (χ0n) is 15.7. The fourth-order valence-corrected chi connectivity index (χ4v) is 4.26. The summed E-state index contributed by atoms with van der Waals surface area (Å²) in [5, 5.41) is 5.12. The Labute approximate surface area is 166 Å². The van der Waals surface area contributed by atoms with Gasteiger partial charge >= 0.3 is 6.03 Å². The standard InChI is InChI=1S/C21H18N4O4/c1-29-16-3-2-13-10-25(18(26)17(13)8-16)11-21(19(27)23-20(28)24-21)15-6-12-4-5-22-9-14(12)7-15/h2-5,7-9H,6,10-11H2,1H3,(H2,23,24,27,28)/t21-/m0/s1. The lowest BCUT2D eigenvalue weighted by Gasteiger charge is -2.32. The Kier molecular flexibility index (Phi) is 3.70. The highest BCUT2D eigenvalue weighted by molar-refractivity contribution is 6.10. The van der Waals surface area contributed by atoms with Gasteiger partial charge in [-0.25, -0.2) is 4.79 Å². The Morgan fingerprint density at radius 3 is 2.79 bits per heavy atom. The predicted molar refractivity (Wildman–Crippen MR) is 103 cm³/mol. The number of ether oxygens (including phenoxy) is 1. The Morgan fingerprint density at radius 2 is 2.07 bits per heavy atom. The molecular weight excluding hydrogens is 372 g/mol. The van der Waals surface area contributed by atoms with Crippen LogP contribution in [0.4, 0.5) is 4.79 Å². The van der Waals surface area contributed by atoms with Gasteiger partial charge < -0.3 is 15.0 Å². The molecule has 8 nitrogen and oxygen atoms in total. The van der Waals surface area contributed by atoms with Gasteiger partial charge in [0.15, 0.2) is 5.54 Å². The molecule has 2 aromatic rings. The van der Waals surface area contributed by atoms with Gasteiger partial charge in [0.1, 0.15) is 5.75 Å². The molecule has 1 saturated heterocycles. The van der Waals surface area contributed by atoms with Gasteiger partial charge in [0.05, 0.1) is 13.7 Å². The molecule has 0 spiro atoms. The smallest absolute Gasteiger partial charge is 0.322 e. The molecule has 0 radical (unpaired) electrons. The number of benzene rings is 1. The third-order valence-corrected chi connectivity index (χ3v) is 5.77. The zero-order valence-corrected chi connectivity index (χ0v) is 15.7. The number of carbonyl (C=O) groups is 3. The van der Waals surface area contributed by atoms with Crippen LogP contribution in [-0.4, -0.2) is 46.9 Å². The van der Waals surface area contributed by atoms with Gasteiger partial charge in [-0.2, -0.15) is 0 Å². The van der Waals surface area contributed by atoms with Crippen molar-refractivity contribution in [3.8, 4) is 5.75 Å². The van der Waals surface area contributed by atoms with Gasteiger partial charge in [-0.3, -0.25) is 19.9 Å². The Balaban J connectivity index is 1.49. The highest BCUT2D eigenvalue weighted by Gasteiger charge is 2.52. The lowest BCUT2D eigenvalue weighted by molar-refractivity contribution is -0.123. The molecule has 0 saturated carbocycles. The van der Waals surface area contributed by atoms with Gasteiger partial charge in [-0.1, -0.05) is 12.1 Å². The van der Waals surface area contributed by atoms with Gasteiger partial charge in [0.2, 0.25) is 0 Å². The number of hydrogen-bond donors (Lipinski definition) is 2. The summed E-state index contributed by atoms with van der Waals surface area (Å²) in [5.41, 5.74) is 2.80. The summed E-state index contributed by atoms with van der Waals surface area (Å²) in [6.07, 6.45) is 5.82. The van der Waals surface area contributed by atoms with Gasteiger partial charge in [0, 0.05) is 24.5 Å². The summed E-state index contributed by atoms with van der Waals surface area (Å²) < 4.78 is 5.22. The van der Waals surface area contributed by atoms with E-state index in [1.807, 2.05) is 18.2 Å². The Bertz CT molecular complexity index is 1110. The van der Waals surface area contributed by atoms with Crippen molar-refractivity contribution in [3.63, 3.8) is 0 Å². The molecule has 1 aromatic carbocycles. The highest BCUT2D eigenvalue weighted by Crippen LogP contribution is 2.36. The summed E-state index contributed by atoms with van der Waals surface area (Å²) in [6.45, 7) is 0.415. The number of nitrogens with zero attached hydrogens (tertiary/aromatic N) is 2. The Hall–Kier alpha value is -3.68. The molecule has 3 aliphatic rings. The molecule has 1 fully saturated rings. The van der Waals surface area contributed by atoms with E-state index in [4.69, 9.17) is 4.74 Å². The minimum Gasteiger partial charge on any atom is -0.497 e. The minimum absolute atomic E-state index is 0.0493. The van der Waals surface area contributed by atoms with Crippen LogP contribution in [0.3, 0.4) is 0 Å². The van der Waals surface area contributed by atoms with Crippen molar-refractivity contribution in [2.75, 3.05) is 13.7 Å². The first kappa shape index (κ1) is 17.4. The molecule has 146 valence electrons. The molecule has 0 unspecified atom stereocenters. The average molecular weight is 390 g/mol.